The molecule has 1 fully saturated rings. The number of carbonyl (C=O) groups excluding carboxylic acids is 1. The van der Waals surface area contributed by atoms with Crippen molar-refractivity contribution >= 4 is 21.6 Å². The Bertz CT molecular complexity index is 1120. The zero-order valence-electron chi connectivity index (χ0n) is 18.6. The highest BCUT2D eigenvalue weighted by Gasteiger charge is 2.35. The third-order valence-corrected chi connectivity index (χ3v) is 7.87. The molecule has 2 aromatic carbocycles. The smallest absolute Gasteiger partial charge is 0.251 e. The van der Waals surface area contributed by atoms with Gasteiger partial charge in [-0.2, -0.15) is 0 Å². The van der Waals surface area contributed by atoms with Gasteiger partial charge in [-0.3, -0.25) is 9.10 Å². The molecular formula is C24H30N2O4S. The maximum atomic E-state index is 13.2. The summed E-state index contributed by atoms with van der Waals surface area (Å²) in [5, 5.41) is 3.16. The molecule has 2 heterocycles. The average Bonchev–Trinajstić information content (AvgIpc) is 2.68. The number of anilines is 1. The van der Waals surface area contributed by atoms with Crippen LogP contribution in [0.5, 0.6) is 5.75 Å². The molecule has 166 valence electrons. The monoisotopic (exact) mass is 442 g/mol. The van der Waals surface area contributed by atoms with Crippen LogP contribution in [0.1, 0.15) is 66.2 Å². The number of carbonyl (C=O) groups is 1. The van der Waals surface area contributed by atoms with E-state index in [-0.39, 0.29) is 17.7 Å². The summed E-state index contributed by atoms with van der Waals surface area (Å²) in [4.78, 5) is 13.2. The van der Waals surface area contributed by atoms with Crippen LogP contribution >= 0.6 is 0 Å². The van der Waals surface area contributed by atoms with E-state index in [4.69, 9.17) is 4.74 Å². The van der Waals surface area contributed by atoms with Gasteiger partial charge < -0.3 is 10.1 Å². The SMILES string of the molecule is Cc1ccc2c(c1)C(NC(=O)c1ccc(C)c(N3CCCCS3(=O)=O)c1)CC(C)(C)O2. The van der Waals surface area contributed by atoms with Gasteiger partial charge in [0, 0.05) is 24.1 Å². The number of rotatable bonds is 3. The fraction of sp³-hybridized carbons (Fsp3) is 0.458. The van der Waals surface area contributed by atoms with Crippen LogP contribution in [-0.2, 0) is 10.0 Å². The third kappa shape index (κ3) is 4.42. The van der Waals surface area contributed by atoms with Gasteiger partial charge in [0.2, 0.25) is 10.0 Å². The van der Waals surface area contributed by atoms with Crippen molar-refractivity contribution in [2.75, 3.05) is 16.6 Å². The second kappa shape index (κ2) is 7.86. The molecule has 7 heteroatoms. The van der Waals surface area contributed by atoms with Gasteiger partial charge in [0.1, 0.15) is 11.4 Å². The number of benzene rings is 2. The molecule has 1 N–H and O–H groups in total. The number of nitrogens with one attached hydrogen (secondary N) is 1. The lowest BCUT2D eigenvalue weighted by Gasteiger charge is -2.38. The highest BCUT2D eigenvalue weighted by molar-refractivity contribution is 7.92. The van der Waals surface area contributed by atoms with Crippen molar-refractivity contribution in [1.29, 1.82) is 0 Å². The van der Waals surface area contributed by atoms with E-state index in [0.717, 1.165) is 28.9 Å². The predicted molar refractivity (Wildman–Crippen MR) is 122 cm³/mol. The largest absolute Gasteiger partial charge is 0.487 e. The summed E-state index contributed by atoms with van der Waals surface area (Å²) in [6, 6.07) is 11.1. The zero-order chi connectivity index (χ0) is 22.4. The van der Waals surface area contributed by atoms with Crippen LogP contribution in [0.3, 0.4) is 0 Å². The summed E-state index contributed by atoms with van der Waals surface area (Å²) in [7, 11) is -3.34. The molecule has 1 amide bonds. The van der Waals surface area contributed by atoms with Crippen molar-refractivity contribution in [3.8, 4) is 5.75 Å². The lowest BCUT2D eigenvalue weighted by molar-refractivity contribution is 0.0619. The van der Waals surface area contributed by atoms with E-state index < -0.39 is 15.6 Å². The van der Waals surface area contributed by atoms with E-state index >= 15 is 0 Å². The summed E-state index contributed by atoms with van der Waals surface area (Å²) < 4.78 is 32.7. The van der Waals surface area contributed by atoms with E-state index in [2.05, 4.69) is 11.4 Å². The first-order valence-electron chi connectivity index (χ1n) is 10.8. The van der Waals surface area contributed by atoms with Crippen molar-refractivity contribution in [1.82, 2.24) is 5.32 Å². The predicted octanol–water partition coefficient (Wildman–Crippen LogP) is 4.27. The van der Waals surface area contributed by atoms with Crippen LogP contribution in [0.4, 0.5) is 5.69 Å². The van der Waals surface area contributed by atoms with E-state index in [9.17, 15) is 13.2 Å². The molecule has 2 aliphatic heterocycles. The maximum Gasteiger partial charge on any atom is 0.251 e. The number of hydrogen-bond donors (Lipinski definition) is 1. The number of nitrogens with zero attached hydrogens (tertiary/aromatic N) is 1. The molecule has 2 aliphatic rings. The molecule has 0 aliphatic carbocycles. The van der Waals surface area contributed by atoms with Gasteiger partial charge in [0.25, 0.3) is 5.91 Å². The number of aryl methyl sites for hydroxylation is 2. The van der Waals surface area contributed by atoms with Crippen molar-refractivity contribution in [2.24, 2.45) is 0 Å². The summed E-state index contributed by atoms with van der Waals surface area (Å²) >= 11 is 0. The molecule has 0 aromatic heterocycles. The van der Waals surface area contributed by atoms with Gasteiger partial charge in [-0.25, -0.2) is 8.42 Å². The van der Waals surface area contributed by atoms with Gasteiger partial charge in [-0.15, -0.1) is 0 Å². The van der Waals surface area contributed by atoms with Gasteiger partial charge >= 0.3 is 0 Å². The lowest BCUT2D eigenvalue weighted by Crippen LogP contribution is -2.41. The number of hydrogen-bond acceptors (Lipinski definition) is 4. The molecule has 4 rings (SSSR count). The minimum Gasteiger partial charge on any atom is -0.487 e. The van der Waals surface area contributed by atoms with Crippen molar-refractivity contribution in [3.63, 3.8) is 0 Å². The highest BCUT2D eigenvalue weighted by atomic mass is 32.2. The molecular weight excluding hydrogens is 412 g/mol. The first-order valence-corrected chi connectivity index (χ1v) is 12.4. The van der Waals surface area contributed by atoms with Crippen LogP contribution in [0.25, 0.3) is 0 Å². The van der Waals surface area contributed by atoms with Gasteiger partial charge in [-0.05, 0) is 64.3 Å². The third-order valence-electron chi connectivity index (χ3n) is 6.02. The quantitative estimate of drug-likeness (QED) is 0.770. The van der Waals surface area contributed by atoms with Crippen molar-refractivity contribution < 1.29 is 17.9 Å². The number of ether oxygens (including phenoxy) is 1. The molecule has 0 spiro atoms. The Morgan fingerprint density at radius 1 is 1.13 bits per heavy atom. The molecule has 1 saturated heterocycles. The normalized spacial score (nSPS) is 21.7. The average molecular weight is 443 g/mol. The maximum absolute atomic E-state index is 13.2. The number of amides is 1. The van der Waals surface area contributed by atoms with Gasteiger partial charge in [-0.1, -0.05) is 23.8 Å². The first kappa shape index (κ1) is 21.7. The van der Waals surface area contributed by atoms with Crippen LogP contribution in [0.2, 0.25) is 0 Å². The Morgan fingerprint density at radius 3 is 2.65 bits per heavy atom. The van der Waals surface area contributed by atoms with E-state index in [0.29, 0.717) is 30.6 Å². The Morgan fingerprint density at radius 2 is 1.90 bits per heavy atom. The van der Waals surface area contributed by atoms with Gasteiger partial charge in [0.15, 0.2) is 0 Å². The van der Waals surface area contributed by atoms with Crippen LogP contribution < -0.4 is 14.4 Å². The van der Waals surface area contributed by atoms with Crippen LogP contribution in [-0.4, -0.2) is 32.2 Å². The molecule has 1 atom stereocenters. The Labute approximate surface area is 184 Å². The second-order valence-corrected chi connectivity index (χ2v) is 11.2. The Kier molecular flexibility index (Phi) is 5.50. The van der Waals surface area contributed by atoms with Crippen molar-refractivity contribution in [3.05, 3.63) is 58.7 Å². The van der Waals surface area contributed by atoms with E-state index in [1.165, 1.54) is 4.31 Å². The first-order chi connectivity index (χ1) is 14.6. The summed E-state index contributed by atoms with van der Waals surface area (Å²) in [6.45, 7) is 8.38. The topological polar surface area (TPSA) is 75.7 Å². The minimum atomic E-state index is -3.34. The van der Waals surface area contributed by atoms with Crippen molar-refractivity contribution in [2.45, 2.75) is 58.6 Å². The fourth-order valence-corrected chi connectivity index (χ4v) is 6.12. The summed E-state index contributed by atoms with van der Waals surface area (Å²) in [5.41, 5.74) is 3.57. The molecule has 1 unspecified atom stereocenters. The minimum absolute atomic E-state index is 0.149. The summed E-state index contributed by atoms with van der Waals surface area (Å²) in [5.74, 6) is 0.720. The van der Waals surface area contributed by atoms with Gasteiger partial charge in [0.05, 0.1) is 17.5 Å². The second-order valence-electron chi connectivity index (χ2n) is 9.23. The Hall–Kier alpha value is -2.54. The highest BCUT2D eigenvalue weighted by Crippen LogP contribution is 2.40. The molecule has 6 nitrogen and oxygen atoms in total. The number of fused-ring (bicyclic) bond motifs is 1. The fourth-order valence-electron chi connectivity index (χ4n) is 4.42. The number of sulfonamides is 1. The zero-order valence-corrected chi connectivity index (χ0v) is 19.4. The van der Waals surface area contributed by atoms with Crippen LogP contribution in [0.15, 0.2) is 36.4 Å². The Balaban J connectivity index is 1.63. The molecule has 2 aromatic rings. The molecule has 0 radical (unpaired) electrons. The molecule has 0 saturated carbocycles. The van der Waals surface area contributed by atoms with E-state index in [1.54, 1.807) is 12.1 Å². The molecule has 0 bridgehead atoms. The van der Waals surface area contributed by atoms with Crippen LogP contribution in [0, 0.1) is 13.8 Å². The molecule has 31 heavy (non-hydrogen) atoms. The standard InChI is InChI=1S/C24H30N2O4S/c1-16-7-10-22-19(13-16)20(15-24(3,4)30-22)25-23(27)18-9-8-17(2)21(14-18)26-11-5-6-12-31(26,28)29/h7-10,13-14,20H,5-6,11-12,15H2,1-4H3,(H,25,27). The summed E-state index contributed by atoms with van der Waals surface area (Å²) in [6.07, 6.45) is 2.15. The van der Waals surface area contributed by atoms with E-state index in [1.807, 2.05) is 45.9 Å². The lowest BCUT2D eigenvalue weighted by atomic mass is 9.88.